The maximum Gasteiger partial charge on any atom is 0.411 e. The molecule has 0 aliphatic carbocycles. The SMILES string of the molecule is CCOC(=O)Nc1cnc2c(cnn2C(C)C)c1. The average Bonchev–Trinajstić information content (AvgIpc) is 2.72. The van der Waals surface area contributed by atoms with Crippen molar-refractivity contribution >= 4 is 22.8 Å². The maximum absolute atomic E-state index is 11.3. The third kappa shape index (κ3) is 2.42. The molecule has 18 heavy (non-hydrogen) atoms. The standard InChI is InChI=1S/C12H16N4O2/c1-4-18-12(17)15-10-5-9-6-14-16(8(2)3)11(9)13-7-10/h5-8H,4H2,1-3H3,(H,15,17). The monoisotopic (exact) mass is 248 g/mol. The Kier molecular flexibility index (Phi) is 3.45. The molecule has 1 N–H and O–H groups in total. The van der Waals surface area contributed by atoms with Crippen LogP contribution in [0.25, 0.3) is 11.0 Å². The molecule has 0 aromatic carbocycles. The highest BCUT2D eigenvalue weighted by atomic mass is 16.5. The van der Waals surface area contributed by atoms with E-state index in [0.29, 0.717) is 12.3 Å². The normalized spacial score (nSPS) is 10.9. The Morgan fingerprint density at radius 3 is 2.94 bits per heavy atom. The van der Waals surface area contributed by atoms with Crippen LogP contribution in [0.15, 0.2) is 18.5 Å². The zero-order valence-electron chi connectivity index (χ0n) is 10.7. The van der Waals surface area contributed by atoms with E-state index >= 15 is 0 Å². The van der Waals surface area contributed by atoms with E-state index in [0.717, 1.165) is 11.0 Å². The van der Waals surface area contributed by atoms with Gasteiger partial charge in [-0.2, -0.15) is 5.10 Å². The lowest BCUT2D eigenvalue weighted by molar-refractivity contribution is 0.168. The van der Waals surface area contributed by atoms with E-state index in [2.05, 4.69) is 15.4 Å². The lowest BCUT2D eigenvalue weighted by Gasteiger charge is -2.07. The zero-order chi connectivity index (χ0) is 13.1. The van der Waals surface area contributed by atoms with Crippen LogP contribution in [-0.4, -0.2) is 27.5 Å². The van der Waals surface area contributed by atoms with E-state index in [1.54, 1.807) is 19.3 Å². The van der Waals surface area contributed by atoms with E-state index in [-0.39, 0.29) is 6.04 Å². The Morgan fingerprint density at radius 1 is 1.50 bits per heavy atom. The highest BCUT2D eigenvalue weighted by Gasteiger charge is 2.09. The minimum Gasteiger partial charge on any atom is -0.450 e. The third-order valence-corrected chi connectivity index (χ3v) is 2.44. The van der Waals surface area contributed by atoms with Crippen molar-refractivity contribution in [2.24, 2.45) is 0 Å². The summed E-state index contributed by atoms with van der Waals surface area (Å²) in [6, 6.07) is 2.07. The molecule has 2 heterocycles. The predicted octanol–water partition coefficient (Wildman–Crippen LogP) is 2.58. The number of nitrogens with one attached hydrogen (secondary N) is 1. The van der Waals surface area contributed by atoms with Crippen LogP contribution in [-0.2, 0) is 4.74 Å². The summed E-state index contributed by atoms with van der Waals surface area (Å²) in [5.41, 5.74) is 1.41. The first-order valence-corrected chi connectivity index (χ1v) is 5.89. The van der Waals surface area contributed by atoms with E-state index in [4.69, 9.17) is 4.74 Å². The zero-order valence-corrected chi connectivity index (χ0v) is 10.7. The highest BCUT2D eigenvalue weighted by Crippen LogP contribution is 2.18. The molecule has 1 amide bonds. The third-order valence-electron chi connectivity index (χ3n) is 2.44. The molecule has 96 valence electrons. The molecular formula is C12H16N4O2. The summed E-state index contributed by atoms with van der Waals surface area (Å²) in [6.45, 7) is 6.18. The molecule has 2 rings (SSSR count). The van der Waals surface area contributed by atoms with Gasteiger partial charge in [0.25, 0.3) is 0 Å². The quantitative estimate of drug-likeness (QED) is 0.906. The smallest absolute Gasteiger partial charge is 0.411 e. The van der Waals surface area contributed by atoms with Gasteiger partial charge in [-0.05, 0) is 26.8 Å². The lowest BCUT2D eigenvalue weighted by Crippen LogP contribution is -2.13. The first-order valence-electron chi connectivity index (χ1n) is 5.89. The predicted molar refractivity (Wildman–Crippen MR) is 68.6 cm³/mol. The fourth-order valence-corrected chi connectivity index (χ4v) is 1.67. The Labute approximate surface area is 105 Å². The second kappa shape index (κ2) is 5.03. The van der Waals surface area contributed by atoms with Gasteiger partial charge in [0.2, 0.25) is 0 Å². The number of fused-ring (bicyclic) bond motifs is 1. The summed E-state index contributed by atoms with van der Waals surface area (Å²) in [5, 5.41) is 7.76. The number of amides is 1. The summed E-state index contributed by atoms with van der Waals surface area (Å²) in [4.78, 5) is 15.6. The van der Waals surface area contributed by atoms with E-state index in [9.17, 15) is 4.79 Å². The van der Waals surface area contributed by atoms with Crippen molar-refractivity contribution in [2.45, 2.75) is 26.8 Å². The van der Waals surface area contributed by atoms with Gasteiger partial charge < -0.3 is 4.74 Å². The van der Waals surface area contributed by atoms with Gasteiger partial charge in [0.15, 0.2) is 5.65 Å². The Hall–Kier alpha value is -2.11. The topological polar surface area (TPSA) is 69.0 Å². The molecule has 2 aromatic rings. The van der Waals surface area contributed by atoms with E-state index < -0.39 is 6.09 Å². The molecule has 0 unspecified atom stereocenters. The number of carbonyl (C=O) groups excluding carboxylic acids is 1. The van der Waals surface area contributed by atoms with Gasteiger partial charge in [-0.15, -0.1) is 0 Å². The molecule has 0 saturated heterocycles. The van der Waals surface area contributed by atoms with Crippen LogP contribution >= 0.6 is 0 Å². The second-order valence-corrected chi connectivity index (χ2v) is 4.17. The van der Waals surface area contributed by atoms with Crippen molar-refractivity contribution in [1.29, 1.82) is 0 Å². The van der Waals surface area contributed by atoms with Crippen LogP contribution in [0.3, 0.4) is 0 Å². The summed E-state index contributed by atoms with van der Waals surface area (Å²) >= 11 is 0. The summed E-state index contributed by atoms with van der Waals surface area (Å²) in [6.07, 6.45) is 2.85. The van der Waals surface area contributed by atoms with Crippen LogP contribution in [0.5, 0.6) is 0 Å². The van der Waals surface area contributed by atoms with Gasteiger partial charge in [-0.1, -0.05) is 0 Å². The average molecular weight is 248 g/mol. The number of ether oxygens (including phenoxy) is 1. The van der Waals surface area contributed by atoms with Gasteiger partial charge in [0, 0.05) is 11.4 Å². The first-order chi connectivity index (χ1) is 8.61. The molecule has 0 bridgehead atoms. The van der Waals surface area contributed by atoms with Crippen molar-refractivity contribution in [3.63, 3.8) is 0 Å². The molecule has 0 atom stereocenters. The first kappa shape index (κ1) is 12.3. The fraction of sp³-hybridized carbons (Fsp3) is 0.417. The molecule has 0 aliphatic heterocycles. The van der Waals surface area contributed by atoms with Gasteiger partial charge in [-0.3, -0.25) is 5.32 Å². The number of nitrogens with zero attached hydrogens (tertiary/aromatic N) is 3. The Balaban J connectivity index is 2.26. The molecule has 6 nitrogen and oxygen atoms in total. The number of rotatable bonds is 3. The van der Waals surface area contributed by atoms with Gasteiger partial charge in [-0.25, -0.2) is 14.5 Å². The number of anilines is 1. The van der Waals surface area contributed by atoms with Crippen LogP contribution in [0.4, 0.5) is 10.5 Å². The van der Waals surface area contributed by atoms with Gasteiger partial charge >= 0.3 is 6.09 Å². The molecule has 0 fully saturated rings. The van der Waals surface area contributed by atoms with Crippen molar-refractivity contribution < 1.29 is 9.53 Å². The molecule has 0 radical (unpaired) electrons. The number of pyridine rings is 1. The number of carbonyl (C=O) groups is 1. The molecular weight excluding hydrogens is 232 g/mol. The number of hydrogen-bond donors (Lipinski definition) is 1. The van der Waals surface area contributed by atoms with Gasteiger partial charge in [0.05, 0.1) is 24.7 Å². The Morgan fingerprint density at radius 2 is 2.28 bits per heavy atom. The summed E-state index contributed by atoms with van der Waals surface area (Å²) in [7, 11) is 0. The number of aromatic nitrogens is 3. The molecule has 2 aromatic heterocycles. The molecule has 0 aliphatic rings. The van der Waals surface area contributed by atoms with Crippen LogP contribution in [0, 0.1) is 0 Å². The van der Waals surface area contributed by atoms with Crippen LogP contribution in [0.1, 0.15) is 26.8 Å². The lowest BCUT2D eigenvalue weighted by atomic mass is 10.3. The van der Waals surface area contributed by atoms with Crippen molar-refractivity contribution in [2.75, 3.05) is 11.9 Å². The van der Waals surface area contributed by atoms with Crippen LogP contribution < -0.4 is 5.32 Å². The Bertz CT molecular complexity index is 562. The summed E-state index contributed by atoms with van der Waals surface area (Å²) < 4.78 is 6.64. The van der Waals surface area contributed by atoms with Gasteiger partial charge in [0.1, 0.15) is 0 Å². The van der Waals surface area contributed by atoms with E-state index in [1.165, 1.54) is 0 Å². The van der Waals surface area contributed by atoms with Crippen LogP contribution in [0.2, 0.25) is 0 Å². The van der Waals surface area contributed by atoms with Crippen molar-refractivity contribution in [1.82, 2.24) is 14.8 Å². The number of hydrogen-bond acceptors (Lipinski definition) is 4. The maximum atomic E-state index is 11.3. The fourth-order valence-electron chi connectivity index (χ4n) is 1.67. The molecule has 0 spiro atoms. The minimum atomic E-state index is -0.477. The second-order valence-electron chi connectivity index (χ2n) is 4.17. The molecule has 6 heteroatoms. The molecule has 0 saturated carbocycles. The van der Waals surface area contributed by atoms with E-state index in [1.807, 2.05) is 24.6 Å². The summed E-state index contributed by atoms with van der Waals surface area (Å²) in [5.74, 6) is 0. The van der Waals surface area contributed by atoms with Crippen molar-refractivity contribution in [3.8, 4) is 0 Å². The minimum absolute atomic E-state index is 0.249. The largest absolute Gasteiger partial charge is 0.450 e. The highest BCUT2D eigenvalue weighted by molar-refractivity contribution is 5.88. The van der Waals surface area contributed by atoms with Crippen molar-refractivity contribution in [3.05, 3.63) is 18.5 Å².